The number of pyridine rings is 1. The Bertz CT molecular complexity index is 1020. The Morgan fingerprint density at radius 3 is 2.54 bits per heavy atom. The van der Waals surface area contributed by atoms with Gasteiger partial charge >= 0.3 is 5.97 Å². The summed E-state index contributed by atoms with van der Waals surface area (Å²) >= 11 is 6.09. The van der Waals surface area contributed by atoms with Crippen molar-refractivity contribution in [2.24, 2.45) is 5.92 Å². The van der Waals surface area contributed by atoms with Crippen molar-refractivity contribution in [1.82, 2.24) is 9.71 Å². The minimum absolute atomic E-state index is 0.0181. The second-order valence-electron chi connectivity index (χ2n) is 6.34. The number of aromatic carboxylic acids is 1. The molecule has 11 heteroatoms. The molecule has 2 heterocycles. The van der Waals surface area contributed by atoms with Crippen LogP contribution in [0.25, 0.3) is 0 Å². The second kappa shape index (κ2) is 7.64. The predicted octanol–water partition coefficient (Wildman–Crippen LogP) is 1.10. The van der Waals surface area contributed by atoms with Crippen molar-refractivity contribution < 1.29 is 23.1 Å². The van der Waals surface area contributed by atoms with Crippen molar-refractivity contribution in [3.05, 3.63) is 52.7 Å². The Morgan fingerprint density at radius 1 is 1.29 bits per heavy atom. The predicted molar refractivity (Wildman–Crippen MR) is 104 cm³/mol. The SMILES string of the molecule is Nc1c(C(=O)O)cnc(N2CC(C(=O)NS(=O)(=O)Cc3ccccc3)C2)c1Cl. The molecule has 0 radical (unpaired) electrons. The maximum Gasteiger partial charge on any atom is 0.339 e. The van der Waals surface area contributed by atoms with Crippen LogP contribution in [-0.2, 0) is 20.6 Å². The lowest BCUT2D eigenvalue weighted by molar-refractivity contribution is -0.123. The highest BCUT2D eigenvalue weighted by atomic mass is 35.5. The van der Waals surface area contributed by atoms with E-state index in [1.54, 1.807) is 35.2 Å². The van der Waals surface area contributed by atoms with Gasteiger partial charge in [0.2, 0.25) is 15.9 Å². The summed E-state index contributed by atoms with van der Waals surface area (Å²) in [6.07, 6.45) is 1.09. The van der Waals surface area contributed by atoms with E-state index in [0.717, 1.165) is 6.20 Å². The lowest BCUT2D eigenvalue weighted by Gasteiger charge is -2.39. The lowest BCUT2D eigenvalue weighted by atomic mass is 9.99. The van der Waals surface area contributed by atoms with Crippen LogP contribution in [0.15, 0.2) is 36.5 Å². The summed E-state index contributed by atoms with van der Waals surface area (Å²) in [6.45, 7) is 0.372. The molecule has 148 valence electrons. The first-order valence-electron chi connectivity index (χ1n) is 8.18. The Labute approximate surface area is 166 Å². The molecule has 9 nitrogen and oxygen atoms in total. The average molecular weight is 425 g/mol. The highest BCUT2D eigenvalue weighted by Gasteiger charge is 2.36. The van der Waals surface area contributed by atoms with Crippen LogP contribution in [0.1, 0.15) is 15.9 Å². The molecule has 0 atom stereocenters. The molecule has 1 aromatic heterocycles. The normalized spacial score (nSPS) is 14.4. The highest BCUT2D eigenvalue weighted by molar-refractivity contribution is 7.89. The molecule has 1 aliphatic heterocycles. The zero-order chi connectivity index (χ0) is 20.5. The Balaban J connectivity index is 1.61. The van der Waals surface area contributed by atoms with Gasteiger partial charge in [0.25, 0.3) is 0 Å². The van der Waals surface area contributed by atoms with Crippen molar-refractivity contribution in [1.29, 1.82) is 0 Å². The molecule has 1 aromatic carbocycles. The van der Waals surface area contributed by atoms with Crippen LogP contribution in [0.3, 0.4) is 0 Å². The standard InChI is InChI=1S/C17H17ClN4O5S/c18-13-14(19)12(17(24)25)6-20-15(13)22-7-11(8-22)16(23)21-28(26,27)9-10-4-2-1-3-5-10/h1-6,11H,7-9H2,(H2,19,20)(H,21,23)(H,24,25). The lowest BCUT2D eigenvalue weighted by Crippen LogP contribution is -2.55. The largest absolute Gasteiger partial charge is 0.478 e. The number of carbonyl (C=O) groups excluding carboxylic acids is 1. The molecule has 1 amide bonds. The number of carboxylic acid groups (broad SMARTS) is 1. The van der Waals surface area contributed by atoms with E-state index in [1.807, 2.05) is 0 Å². The van der Waals surface area contributed by atoms with E-state index in [2.05, 4.69) is 9.71 Å². The molecule has 4 N–H and O–H groups in total. The van der Waals surface area contributed by atoms with E-state index in [9.17, 15) is 18.0 Å². The van der Waals surface area contributed by atoms with Crippen LogP contribution < -0.4 is 15.4 Å². The Morgan fingerprint density at radius 2 is 1.93 bits per heavy atom. The Hall–Kier alpha value is -2.85. The fourth-order valence-electron chi connectivity index (χ4n) is 2.77. The molecule has 1 aliphatic rings. The molecule has 0 unspecified atom stereocenters. The van der Waals surface area contributed by atoms with E-state index in [-0.39, 0.29) is 40.9 Å². The molecule has 0 saturated carbocycles. The molecule has 0 aliphatic carbocycles. The number of nitrogens with one attached hydrogen (secondary N) is 1. The van der Waals surface area contributed by atoms with Gasteiger partial charge in [-0.1, -0.05) is 41.9 Å². The first kappa shape index (κ1) is 19.9. The number of hydrogen-bond donors (Lipinski definition) is 3. The molecule has 2 aromatic rings. The number of carbonyl (C=O) groups is 2. The minimum atomic E-state index is -3.81. The van der Waals surface area contributed by atoms with Gasteiger partial charge in [-0.15, -0.1) is 0 Å². The number of nitrogens with zero attached hydrogens (tertiary/aromatic N) is 2. The van der Waals surface area contributed by atoms with E-state index in [1.165, 1.54) is 0 Å². The van der Waals surface area contributed by atoms with E-state index in [4.69, 9.17) is 22.4 Å². The molecule has 0 spiro atoms. The monoisotopic (exact) mass is 424 g/mol. The number of sulfonamides is 1. The summed E-state index contributed by atoms with van der Waals surface area (Å²) in [5, 5.41) is 9.00. The van der Waals surface area contributed by atoms with Gasteiger partial charge in [-0.2, -0.15) is 0 Å². The molecular weight excluding hydrogens is 408 g/mol. The third kappa shape index (κ3) is 4.18. The molecule has 1 fully saturated rings. The number of aromatic nitrogens is 1. The summed E-state index contributed by atoms with van der Waals surface area (Å²) in [4.78, 5) is 28.9. The van der Waals surface area contributed by atoms with Crippen molar-refractivity contribution in [3.8, 4) is 0 Å². The number of carboxylic acids is 1. The molecular formula is C17H17ClN4O5S. The van der Waals surface area contributed by atoms with Crippen molar-refractivity contribution in [2.75, 3.05) is 23.7 Å². The first-order valence-corrected chi connectivity index (χ1v) is 10.2. The smallest absolute Gasteiger partial charge is 0.339 e. The van der Waals surface area contributed by atoms with Gasteiger partial charge in [-0.3, -0.25) is 9.52 Å². The van der Waals surface area contributed by atoms with Crippen LogP contribution in [0.4, 0.5) is 11.5 Å². The zero-order valence-electron chi connectivity index (χ0n) is 14.5. The fraction of sp³-hybridized carbons (Fsp3) is 0.235. The number of rotatable bonds is 6. The highest BCUT2D eigenvalue weighted by Crippen LogP contribution is 2.35. The van der Waals surface area contributed by atoms with Crippen molar-refractivity contribution >= 4 is 45.0 Å². The van der Waals surface area contributed by atoms with Gasteiger partial charge in [0.05, 0.1) is 17.4 Å². The van der Waals surface area contributed by atoms with Gasteiger partial charge in [0.1, 0.15) is 16.4 Å². The molecule has 1 saturated heterocycles. The number of nitrogens with two attached hydrogens (primary N) is 1. The fourth-order valence-corrected chi connectivity index (χ4v) is 4.21. The second-order valence-corrected chi connectivity index (χ2v) is 8.44. The quantitative estimate of drug-likeness (QED) is 0.625. The van der Waals surface area contributed by atoms with E-state index in [0.29, 0.717) is 5.56 Å². The minimum Gasteiger partial charge on any atom is -0.478 e. The zero-order valence-corrected chi connectivity index (χ0v) is 16.1. The number of halogens is 1. The molecule has 28 heavy (non-hydrogen) atoms. The molecule has 3 rings (SSSR count). The Kier molecular flexibility index (Phi) is 5.43. The first-order chi connectivity index (χ1) is 13.2. The van der Waals surface area contributed by atoms with E-state index < -0.39 is 27.8 Å². The van der Waals surface area contributed by atoms with Crippen LogP contribution in [0.5, 0.6) is 0 Å². The van der Waals surface area contributed by atoms with Crippen LogP contribution in [0, 0.1) is 5.92 Å². The van der Waals surface area contributed by atoms with Crippen molar-refractivity contribution in [3.63, 3.8) is 0 Å². The third-order valence-electron chi connectivity index (χ3n) is 4.28. The maximum atomic E-state index is 12.2. The summed E-state index contributed by atoms with van der Waals surface area (Å²) in [5.74, 6) is -2.47. The number of anilines is 2. The summed E-state index contributed by atoms with van der Waals surface area (Å²) < 4.78 is 26.4. The number of hydrogen-bond acceptors (Lipinski definition) is 7. The average Bonchev–Trinajstić information content (AvgIpc) is 2.57. The summed E-state index contributed by atoms with van der Waals surface area (Å²) in [6, 6.07) is 8.52. The summed E-state index contributed by atoms with van der Waals surface area (Å²) in [7, 11) is -3.81. The van der Waals surface area contributed by atoms with Crippen LogP contribution in [0.2, 0.25) is 5.02 Å². The van der Waals surface area contributed by atoms with Crippen LogP contribution >= 0.6 is 11.6 Å². The van der Waals surface area contributed by atoms with Gasteiger partial charge in [0.15, 0.2) is 0 Å². The number of nitrogen functional groups attached to an aromatic ring is 1. The maximum absolute atomic E-state index is 12.2. The number of benzene rings is 1. The summed E-state index contributed by atoms with van der Waals surface area (Å²) in [5.41, 5.74) is 5.96. The molecule has 0 bridgehead atoms. The topological polar surface area (TPSA) is 143 Å². The third-order valence-corrected chi connectivity index (χ3v) is 5.87. The van der Waals surface area contributed by atoms with Gasteiger partial charge in [-0.25, -0.2) is 18.2 Å². The van der Waals surface area contributed by atoms with Gasteiger partial charge in [-0.05, 0) is 5.56 Å². The van der Waals surface area contributed by atoms with Gasteiger partial charge < -0.3 is 15.7 Å². The number of amides is 1. The van der Waals surface area contributed by atoms with E-state index >= 15 is 0 Å². The van der Waals surface area contributed by atoms with Crippen LogP contribution in [-0.4, -0.2) is 43.5 Å². The van der Waals surface area contributed by atoms with Crippen molar-refractivity contribution in [2.45, 2.75) is 5.75 Å². The van der Waals surface area contributed by atoms with Gasteiger partial charge in [0, 0.05) is 19.3 Å².